The van der Waals surface area contributed by atoms with Gasteiger partial charge in [0.25, 0.3) is 5.69 Å². The largest absolute Gasteiger partial charge is 0.396 e. The normalized spacial score (nSPS) is 13.4. The van der Waals surface area contributed by atoms with E-state index in [-0.39, 0.29) is 35.6 Å². The van der Waals surface area contributed by atoms with Crippen molar-refractivity contribution in [3.05, 3.63) is 27.9 Å². The van der Waals surface area contributed by atoms with E-state index in [1.807, 2.05) is 19.9 Å². The predicted molar refractivity (Wildman–Crippen MR) is 64.9 cm³/mol. The van der Waals surface area contributed by atoms with Crippen molar-refractivity contribution in [3.63, 3.8) is 0 Å². The first kappa shape index (κ1) is 13.9. The molecule has 1 heterocycles. The molecule has 2 atom stereocenters. The van der Waals surface area contributed by atoms with Crippen LogP contribution in [0, 0.1) is 27.4 Å². The number of aliphatic hydroxyl groups excluding tert-OH is 1. The smallest absolute Gasteiger partial charge is 0.289 e. The standard InChI is InChI=1S/C11H14N4O3/c1-7(6-16)8(2)14-11-9(4-12)3-10(5-13-11)15(17)18/h3,5,7-8,16H,6H2,1-2H3,(H,13,14). The second-order valence-corrected chi connectivity index (χ2v) is 4.05. The molecule has 7 nitrogen and oxygen atoms in total. The van der Waals surface area contributed by atoms with Crippen LogP contribution in [0.2, 0.25) is 0 Å². The summed E-state index contributed by atoms with van der Waals surface area (Å²) in [5, 5.41) is 31.5. The maximum atomic E-state index is 10.6. The zero-order chi connectivity index (χ0) is 13.7. The van der Waals surface area contributed by atoms with Gasteiger partial charge in [0.2, 0.25) is 0 Å². The number of anilines is 1. The van der Waals surface area contributed by atoms with Crippen LogP contribution in [0.4, 0.5) is 11.5 Å². The highest BCUT2D eigenvalue weighted by atomic mass is 16.6. The Labute approximate surface area is 104 Å². The van der Waals surface area contributed by atoms with Gasteiger partial charge in [-0.05, 0) is 12.8 Å². The lowest BCUT2D eigenvalue weighted by Crippen LogP contribution is -2.27. The van der Waals surface area contributed by atoms with Crippen LogP contribution in [0.25, 0.3) is 0 Å². The SMILES string of the molecule is CC(CO)C(C)Nc1ncc([N+](=O)[O-])cc1C#N. The summed E-state index contributed by atoms with van der Waals surface area (Å²) >= 11 is 0. The van der Waals surface area contributed by atoms with Crippen LogP contribution in [0.5, 0.6) is 0 Å². The van der Waals surface area contributed by atoms with E-state index < -0.39 is 4.92 Å². The lowest BCUT2D eigenvalue weighted by Gasteiger charge is -2.20. The van der Waals surface area contributed by atoms with Crippen molar-refractivity contribution in [2.45, 2.75) is 19.9 Å². The summed E-state index contributed by atoms with van der Waals surface area (Å²) < 4.78 is 0. The first-order valence-electron chi connectivity index (χ1n) is 5.41. The molecule has 0 saturated carbocycles. The molecule has 1 aromatic heterocycles. The molecule has 0 amide bonds. The number of aromatic nitrogens is 1. The number of nitrogens with one attached hydrogen (secondary N) is 1. The van der Waals surface area contributed by atoms with Crippen LogP contribution in [0.15, 0.2) is 12.3 Å². The Morgan fingerprint density at radius 2 is 2.33 bits per heavy atom. The van der Waals surface area contributed by atoms with E-state index in [0.29, 0.717) is 0 Å². The fourth-order valence-corrected chi connectivity index (χ4v) is 1.27. The minimum atomic E-state index is -0.600. The number of nitriles is 1. The van der Waals surface area contributed by atoms with Gasteiger partial charge in [-0.1, -0.05) is 6.92 Å². The molecule has 18 heavy (non-hydrogen) atoms. The first-order valence-corrected chi connectivity index (χ1v) is 5.41. The second kappa shape index (κ2) is 5.93. The summed E-state index contributed by atoms with van der Waals surface area (Å²) in [6.07, 6.45) is 1.10. The quantitative estimate of drug-likeness (QED) is 0.601. The van der Waals surface area contributed by atoms with E-state index in [9.17, 15) is 10.1 Å². The van der Waals surface area contributed by atoms with Crippen molar-refractivity contribution >= 4 is 11.5 Å². The maximum Gasteiger partial charge on any atom is 0.289 e. The average molecular weight is 250 g/mol. The van der Waals surface area contributed by atoms with Gasteiger partial charge >= 0.3 is 0 Å². The highest BCUT2D eigenvalue weighted by Crippen LogP contribution is 2.20. The summed E-state index contributed by atoms with van der Waals surface area (Å²) in [5.74, 6) is 0.268. The molecule has 96 valence electrons. The Morgan fingerprint density at radius 3 is 2.83 bits per heavy atom. The van der Waals surface area contributed by atoms with Gasteiger partial charge in [-0.25, -0.2) is 4.98 Å². The van der Waals surface area contributed by atoms with Crippen LogP contribution in [0.1, 0.15) is 19.4 Å². The Morgan fingerprint density at radius 1 is 1.67 bits per heavy atom. The summed E-state index contributed by atoms with van der Waals surface area (Å²) in [5.41, 5.74) is -0.110. The van der Waals surface area contributed by atoms with Gasteiger partial charge in [-0.2, -0.15) is 5.26 Å². The van der Waals surface area contributed by atoms with Gasteiger partial charge in [0.1, 0.15) is 23.6 Å². The van der Waals surface area contributed by atoms with Crippen LogP contribution < -0.4 is 5.32 Å². The third kappa shape index (κ3) is 3.15. The van der Waals surface area contributed by atoms with Gasteiger partial charge in [0.05, 0.1) is 4.92 Å². The van der Waals surface area contributed by atoms with E-state index >= 15 is 0 Å². The van der Waals surface area contributed by atoms with Gasteiger partial charge in [0, 0.05) is 18.7 Å². The van der Waals surface area contributed by atoms with Gasteiger partial charge in [0.15, 0.2) is 0 Å². The van der Waals surface area contributed by atoms with Crippen LogP contribution in [-0.4, -0.2) is 27.7 Å². The molecular weight excluding hydrogens is 236 g/mol. The molecule has 0 aliphatic rings. The highest BCUT2D eigenvalue weighted by molar-refractivity contribution is 5.55. The van der Waals surface area contributed by atoms with Gasteiger partial charge in [-0.15, -0.1) is 0 Å². The Bertz CT molecular complexity index is 484. The molecule has 0 radical (unpaired) electrons. The molecule has 0 spiro atoms. The molecule has 0 saturated heterocycles. The first-order chi connectivity index (χ1) is 8.49. The van der Waals surface area contributed by atoms with Crippen molar-refractivity contribution in [3.8, 4) is 6.07 Å². The number of nitrogens with zero attached hydrogens (tertiary/aromatic N) is 3. The number of aliphatic hydroxyl groups is 1. The van der Waals surface area contributed by atoms with Crippen LogP contribution >= 0.6 is 0 Å². The van der Waals surface area contributed by atoms with Crippen molar-refractivity contribution in [1.82, 2.24) is 4.98 Å². The molecule has 0 fully saturated rings. The van der Waals surface area contributed by atoms with Crippen molar-refractivity contribution in [1.29, 1.82) is 5.26 Å². The summed E-state index contributed by atoms with van der Waals surface area (Å²) in [4.78, 5) is 13.8. The molecule has 0 aliphatic carbocycles. The molecule has 2 unspecified atom stereocenters. The minimum Gasteiger partial charge on any atom is -0.396 e. The van der Waals surface area contributed by atoms with E-state index in [4.69, 9.17) is 10.4 Å². The number of hydrogen-bond acceptors (Lipinski definition) is 6. The molecule has 2 N–H and O–H groups in total. The minimum absolute atomic E-state index is 0.00301. The summed E-state index contributed by atoms with van der Waals surface area (Å²) in [7, 11) is 0. The second-order valence-electron chi connectivity index (χ2n) is 4.05. The van der Waals surface area contributed by atoms with Gasteiger partial charge < -0.3 is 10.4 Å². The number of nitro groups is 1. The Hall–Kier alpha value is -2.20. The van der Waals surface area contributed by atoms with Crippen molar-refractivity contribution in [2.75, 3.05) is 11.9 Å². The van der Waals surface area contributed by atoms with E-state index in [2.05, 4.69) is 10.3 Å². The fraction of sp³-hybridized carbons (Fsp3) is 0.455. The Kier molecular flexibility index (Phi) is 4.57. The van der Waals surface area contributed by atoms with Crippen molar-refractivity contribution in [2.24, 2.45) is 5.92 Å². The lowest BCUT2D eigenvalue weighted by atomic mass is 10.1. The maximum absolute atomic E-state index is 10.6. The molecule has 0 bridgehead atoms. The lowest BCUT2D eigenvalue weighted by molar-refractivity contribution is -0.385. The third-order valence-electron chi connectivity index (χ3n) is 2.71. The molecule has 0 aliphatic heterocycles. The van der Waals surface area contributed by atoms with E-state index in [0.717, 1.165) is 6.20 Å². The summed E-state index contributed by atoms with van der Waals surface area (Å²) in [6.45, 7) is 3.68. The number of hydrogen-bond donors (Lipinski definition) is 2. The third-order valence-corrected chi connectivity index (χ3v) is 2.71. The molecule has 7 heteroatoms. The van der Waals surface area contributed by atoms with E-state index in [1.54, 1.807) is 0 Å². The molecule has 1 rings (SSSR count). The van der Waals surface area contributed by atoms with Crippen molar-refractivity contribution < 1.29 is 10.0 Å². The number of pyridine rings is 1. The van der Waals surface area contributed by atoms with Crippen LogP contribution in [-0.2, 0) is 0 Å². The fourth-order valence-electron chi connectivity index (χ4n) is 1.27. The topological polar surface area (TPSA) is 112 Å². The molecule has 0 aromatic carbocycles. The monoisotopic (exact) mass is 250 g/mol. The Balaban J connectivity index is 2.97. The molecule has 1 aromatic rings. The van der Waals surface area contributed by atoms with Gasteiger partial charge in [-0.3, -0.25) is 10.1 Å². The molecular formula is C11H14N4O3. The average Bonchev–Trinajstić information content (AvgIpc) is 2.37. The summed E-state index contributed by atoms with van der Waals surface area (Å²) in [6, 6.07) is 2.93. The predicted octanol–water partition coefficient (Wildman–Crippen LogP) is 1.29. The van der Waals surface area contributed by atoms with Crippen LogP contribution in [0.3, 0.4) is 0 Å². The zero-order valence-electron chi connectivity index (χ0n) is 10.1. The zero-order valence-corrected chi connectivity index (χ0v) is 10.1. The highest BCUT2D eigenvalue weighted by Gasteiger charge is 2.16. The van der Waals surface area contributed by atoms with E-state index in [1.165, 1.54) is 6.07 Å². The number of rotatable bonds is 5.